The van der Waals surface area contributed by atoms with Crippen LogP contribution in [0.3, 0.4) is 0 Å². The Balaban J connectivity index is 2.03. The molecule has 3 N–H and O–H groups in total. The van der Waals surface area contributed by atoms with E-state index in [1.165, 1.54) is 0 Å². The number of nitrogens with zero attached hydrogens (tertiary/aromatic N) is 1. The normalized spacial score (nSPS) is 22.1. The zero-order chi connectivity index (χ0) is 14.9. The smallest absolute Gasteiger partial charge is 0.137 e. The van der Waals surface area contributed by atoms with Gasteiger partial charge in [-0.25, -0.2) is 4.98 Å². The molecule has 1 saturated heterocycles. The topological polar surface area (TPSA) is 60.2 Å². The van der Waals surface area contributed by atoms with E-state index in [2.05, 4.69) is 12.2 Å². The molecule has 0 bridgehead atoms. The lowest BCUT2D eigenvalue weighted by Crippen LogP contribution is -2.43. The first-order valence-electron chi connectivity index (χ1n) is 7.13. The lowest BCUT2D eigenvalue weighted by Gasteiger charge is -2.35. The van der Waals surface area contributed by atoms with Crippen LogP contribution < -0.4 is 11.1 Å². The van der Waals surface area contributed by atoms with E-state index in [0.29, 0.717) is 11.6 Å². The van der Waals surface area contributed by atoms with Crippen LogP contribution in [0, 0.1) is 0 Å². The summed E-state index contributed by atoms with van der Waals surface area (Å²) in [5.74, 6) is 0.745. The molecule has 1 unspecified atom stereocenters. The number of fused-ring (bicyclic) bond motifs is 1. The Labute approximate surface area is 129 Å². The summed E-state index contributed by atoms with van der Waals surface area (Å²) < 4.78 is 5.59. The Morgan fingerprint density at radius 1 is 1.43 bits per heavy atom. The quantitative estimate of drug-likeness (QED) is 0.854. The summed E-state index contributed by atoms with van der Waals surface area (Å²) in [7, 11) is 0. The van der Waals surface area contributed by atoms with E-state index in [4.69, 9.17) is 27.7 Å². The van der Waals surface area contributed by atoms with Crippen LogP contribution in [0.2, 0.25) is 0 Å². The number of rotatable bonds is 3. The third-order valence-electron chi connectivity index (χ3n) is 3.85. The van der Waals surface area contributed by atoms with Crippen molar-refractivity contribution >= 4 is 33.9 Å². The minimum atomic E-state index is -0.132. The van der Waals surface area contributed by atoms with Gasteiger partial charge in [-0.2, -0.15) is 0 Å². The second-order valence-corrected chi connectivity index (χ2v) is 6.22. The lowest BCUT2D eigenvalue weighted by molar-refractivity contribution is 0.0539. The van der Waals surface area contributed by atoms with Gasteiger partial charge in [0.25, 0.3) is 0 Å². The molecule has 0 aliphatic carbocycles. The zero-order valence-electron chi connectivity index (χ0n) is 12.1. The van der Waals surface area contributed by atoms with Gasteiger partial charge in [0.1, 0.15) is 10.8 Å². The lowest BCUT2D eigenvalue weighted by atomic mass is 9.94. The van der Waals surface area contributed by atoms with Crippen LogP contribution in [0.25, 0.3) is 10.9 Å². The van der Waals surface area contributed by atoms with Crippen LogP contribution in [0.5, 0.6) is 0 Å². The standard InChI is InChI=1S/C16H19N3OS/c1-16(7-4-8-20-10-16)19-15-12(14(17)21)9-11-5-2-3-6-13(11)18-15/h2-3,5-6,9H,4,7-8,10H2,1H3,(H2,17,21)(H,18,19). The van der Waals surface area contributed by atoms with Crippen molar-refractivity contribution in [2.75, 3.05) is 18.5 Å². The van der Waals surface area contributed by atoms with E-state index in [1.807, 2.05) is 30.3 Å². The molecule has 0 amide bonds. The minimum Gasteiger partial charge on any atom is -0.389 e. The van der Waals surface area contributed by atoms with Crippen molar-refractivity contribution in [3.8, 4) is 0 Å². The molecule has 0 radical (unpaired) electrons. The summed E-state index contributed by atoms with van der Waals surface area (Å²) in [6.45, 7) is 3.63. The number of aromatic nitrogens is 1. The van der Waals surface area contributed by atoms with Crippen molar-refractivity contribution < 1.29 is 4.74 Å². The van der Waals surface area contributed by atoms with Crippen LogP contribution in [0.15, 0.2) is 30.3 Å². The molecule has 3 rings (SSSR count). The number of anilines is 1. The molecule has 5 heteroatoms. The average Bonchev–Trinajstić information content (AvgIpc) is 2.46. The molecular formula is C16H19N3OS. The van der Waals surface area contributed by atoms with Gasteiger partial charge in [0, 0.05) is 12.0 Å². The van der Waals surface area contributed by atoms with Crippen LogP contribution in [-0.4, -0.2) is 28.7 Å². The monoisotopic (exact) mass is 301 g/mol. The van der Waals surface area contributed by atoms with Crippen LogP contribution in [0.4, 0.5) is 5.82 Å². The van der Waals surface area contributed by atoms with E-state index in [9.17, 15) is 0 Å². The van der Waals surface area contributed by atoms with Gasteiger partial charge in [0.2, 0.25) is 0 Å². The van der Waals surface area contributed by atoms with Gasteiger partial charge in [-0.3, -0.25) is 0 Å². The summed E-state index contributed by atoms with van der Waals surface area (Å²) in [5, 5.41) is 4.53. The molecule has 1 atom stereocenters. The van der Waals surface area contributed by atoms with Crippen molar-refractivity contribution in [2.24, 2.45) is 5.73 Å². The molecule has 1 aromatic heterocycles. The molecule has 2 heterocycles. The van der Waals surface area contributed by atoms with Crippen molar-refractivity contribution in [3.05, 3.63) is 35.9 Å². The van der Waals surface area contributed by atoms with E-state index in [0.717, 1.165) is 41.7 Å². The van der Waals surface area contributed by atoms with Gasteiger partial charge in [-0.15, -0.1) is 0 Å². The first-order chi connectivity index (χ1) is 10.1. The van der Waals surface area contributed by atoms with Crippen LogP contribution >= 0.6 is 12.2 Å². The Bertz CT molecular complexity index is 680. The molecular weight excluding hydrogens is 282 g/mol. The zero-order valence-corrected chi connectivity index (χ0v) is 12.9. The first-order valence-corrected chi connectivity index (χ1v) is 7.54. The molecule has 2 aromatic rings. The number of para-hydroxylation sites is 1. The second-order valence-electron chi connectivity index (χ2n) is 5.78. The molecule has 1 aliphatic rings. The van der Waals surface area contributed by atoms with Gasteiger partial charge in [0.15, 0.2) is 0 Å². The average molecular weight is 301 g/mol. The highest BCUT2D eigenvalue weighted by Gasteiger charge is 2.29. The molecule has 21 heavy (non-hydrogen) atoms. The van der Waals surface area contributed by atoms with Crippen molar-refractivity contribution in [2.45, 2.75) is 25.3 Å². The Morgan fingerprint density at radius 2 is 2.24 bits per heavy atom. The number of hydrogen-bond donors (Lipinski definition) is 2. The number of benzene rings is 1. The highest BCUT2D eigenvalue weighted by atomic mass is 32.1. The van der Waals surface area contributed by atoms with Gasteiger partial charge in [-0.05, 0) is 31.9 Å². The number of hydrogen-bond acceptors (Lipinski definition) is 4. The number of nitrogens with one attached hydrogen (secondary N) is 1. The summed E-state index contributed by atoms with van der Waals surface area (Å²) in [4.78, 5) is 5.06. The molecule has 4 nitrogen and oxygen atoms in total. The van der Waals surface area contributed by atoms with Crippen molar-refractivity contribution in [1.82, 2.24) is 4.98 Å². The largest absolute Gasteiger partial charge is 0.389 e. The fraction of sp³-hybridized carbons (Fsp3) is 0.375. The predicted octanol–water partition coefficient (Wildman–Crippen LogP) is 2.85. The predicted molar refractivity (Wildman–Crippen MR) is 89.7 cm³/mol. The van der Waals surface area contributed by atoms with Crippen LogP contribution in [0.1, 0.15) is 25.3 Å². The molecule has 110 valence electrons. The maximum absolute atomic E-state index is 5.87. The van der Waals surface area contributed by atoms with Gasteiger partial charge < -0.3 is 15.8 Å². The van der Waals surface area contributed by atoms with Gasteiger partial charge >= 0.3 is 0 Å². The van der Waals surface area contributed by atoms with Gasteiger partial charge in [-0.1, -0.05) is 30.4 Å². The summed E-state index contributed by atoms with van der Waals surface area (Å²) in [5.41, 5.74) is 7.46. The number of nitrogens with two attached hydrogens (primary N) is 1. The SMILES string of the molecule is CC1(Nc2nc3ccccc3cc2C(N)=S)CCCOC1. The second kappa shape index (κ2) is 5.58. The number of ether oxygens (including phenoxy) is 1. The molecule has 1 fully saturated rings. The van der Waals surface area contributed by atoms with Crippen molar-refractivity contribution in [1.29, 1.82) is 0 Å². The third kappa shape index (κ3) is 2.99. The molecule has 1 aromatic carbocycles. The molecule has 1 aliphatic heterocycles. The molecule has 0 saturated carbocycles. The maximum Gasteiger partial charge on any atom is 0.137 e. The third-order valence-corrected chi connectivity index (χ3v) is 4.07. The van der Waals surface area contributed by atoms with Crippen molar-refractivity contribution in [3.63, 3.8) is 0 Å². The number of pyridine rings is 1. The van der Waals surface area contributed by atoms with Gasteiger partial charge in [0.05, 0.1) is 23.2 Å². The Morgan fingerprint density at radius 3 is 2.95 bits per heavy atom. The summed E-state index contributed by atoms with van der Waals surface area (Å²) >= 11 is 5.18. The fourth-order valence-corrected chi connectivity index (χ4v) is 2.87. The maximum atomic E-state index is 5.87. The van der Waals surface area contributed by atoms with E-state index in [-0.39, 0.29) is 5.54 Å². The highest BCUT2D eigenvalue weighted by Crippen LogP contribution is 2.27. The molecule has 0 spiro atoms. The number of thiocarbonyl (C=S) groups is 1. The van der Waals surface area contributed by atoms with E-state index < -0.39 is 0 Å². The van der Waals surface area contributed by atoms with Crippen LogP contribution in [-0.2, 0) is 4.74 Å². The fourth-order valence-electron chi connectivity index (χ4n) is 2.72. The minimum absolute atomic E-state index is 0.132. The van der Waals surface area contributed by atoms with E-state index >= 15 is 0 Å². The first kappa shape index (κ1) is 14.2. The highest BCUT2D eigenvalue weighted by molar-refractivity contribution is 7.80. The Kier molecular flexibility index (Phi) is 3.78. The Hall–Kier alpha value is -1.72. The van der Waals surface area contributed by atoms with E-state index in [1.54, 1.807) is 0 Å². The summed E-state index contributed by atoms with van der Waals surface area (Å²) in [6.07, 6.45) is 2.08. The summed E-state index contributed by atoms with van der Waals surface area (Å²) in [6, 6.07) is 9.96.